The van der Waals surface area contributed by atoms with E-state index in [-0.39, 0.29) is 0 Å². The van der Waals surface area contributed by atoms with Gasteiger partial charge in [-0.3, -0.25) is 0 Å². The van der Waals surface area contributed by atoms with E-state index in [4.69, 9.17) is 21.1 Å². The molecule has 0 fully saturated rings. The van der Waals surface area contributed by atoms with E-state index in [1.54, 1.807) is 55.5 Å². The molecule has 3 aromatic rings. The second kappa shape index (κ2) is 7.10. The van der Waals surface area contributed by atoms with Gasteiger partial charge in [0.05, 0.1) is 10.7 Å². The molecule has 0 aliphatic carbocycles. The minimum Gasteiger partial charge on any atom is -0.477 e. The Kier molecular flexibility index (Phi) is 4.72. The molecule has 0 radical (unpaired) electrons. The molecule has 1 heterocycles. The van der Waals surface area contributed by atoms with Crippen LogP contribution in [0.3, 0.4) is 0 Å². The second-order valence-electron chi connectivity index (χ2n) is 4.86. The number of tetrazole rings is 1. The van der Waals surface area contributed by atoms with Gasteiger partial charge in [0, 0.05) is 6.07 Å². The van der Waals surface area contributed by atoms with Gasteiger partial charge in [-0.2, -0.15) is 0 Å². The van der Waals surface area contributed by atoms with Crippen molar-refractivity contribution in [3.8, 4) is 17.2 Å². The lowest BCUT2D eigenvalue weighted by atomic mass is 10.3. The third kappa shape index (κ3) is 3.69. The van der Waals surface area contributed by atoms with Gasteiger partial charge in [0.2, 0.25) is 0 Å². The molecule has 0 bridgehead atoms. The standard InChI is InChI=1S/C16H13ClN4O3/c1-11(23-15-8-3-2-7-14(15)17)16(22)24-13-6-4-5-12(9-13)21-10-18-19-20-21/h2-11H,1H3/t11-/m0/s1. The first-order chi connectivity index (χ1) is 11.6. The topological polar surface area (TPSA) is 79.1 Å². The normalized spacial score (nSPS) is 11.8. The number of rotatable bonds is 5. The van der Waals surface area contributed by atoms with Crippen molar-refractivity contribution in [3.63, 3.8) is 0 Å². The number of hydrogen-bond donors (Lipinski definition) is 0. The average Bonchev–Trinajstić information content (AvgIpc) is 3.12. The Labute approximate surface area is 142 Å². The van der Waals surface area contributed by atoms with E-state index in [9.17, 15) is 4.79 Å². The largest absolute Gasteiger partial charge is 0.477 e. The van der Waals surface area contributed by atoms with Crippen LogP contribution in [-0.4, -0.2) is 32.3 Å². The summed E-state index contributed by atoms with van der Waals surface area (Å²) < 4.78 is 12.3. The highest BCUT2D eigenvalue weighted by Crippen LogP contribution is 2.24. The van der Waals surface area contributed by atoms with Gasteiger partial charge in [0.15, 0.2) is 6.10 Å². The molecular weight excluding hydrogens is 332 g/mol. The molecule has 122 valence electrons. The first kappa shape index (κ1) is 15.9. The summed E-state index contributed by atoms with van der Waals surface area (Å²) in [7, 11) is 0. The van der Waals surface area contributed by atoms with Crippen LogP contribution in [0.2, 0.25) is 5.02 Å². The van der Waals surface area contributed by atoms with Gasteiger partial charge >= 0.3 is 5.97 Å². The molecule has 24 heavy (non-hydrogen) atoms. The Morgan fingerprint density at radius 2 is 2.04 bits per heavy atom. The van der Waals surface area contributed by atoms with Crippen LogP contribution in [0.1, 0.15) is 6.92 Å². The van der Waals surface area contributed by atoms with E-state index < -0.39 is 12.1 Å². The van der Waals surface area contributed by atoms with Crippen molar-refractivity contribution in [2.24, 2.45) is 0 Å². The lowest BCUT2D eigenvalue weighted by molar-refractivity contribution is -0.141. The van der Waals surface area contributed by atoms with E-state index in [0.29, 0.717) is 22.2 Å². The smallest absolute Gasteiger partial charge is 0.352 e. The van der Waals surface area contributed by atoms with Crippen molar-refractivity contribution in [1.82, 2.24) is 20.2 Å². The van der Waals surface area contributed by atoms with Crippen LogP contribution >= 0.6 is 11.6 Å². The van der Waals surface area contributed by atoms with E-state index in [0.717, 1.165) is 0 Å². The SMILES string of the molecule is C[C@H](Oc1ccccc1Cl)C(=O)Oc1cccc(-n2cnnn2)c1. The van der Waals surface area contributed by atoms with Crippen molar-refractivity contribution in [3.05, 3.63) is 59.9 Å². The Morgan fingerprint density at radius 1 is 1.21 bits per heavy atom. The third-order valence-corrected chi connectivity index (χ3v) is 3.43. The number of carbonyl (C=O) groups is 1. The predicted molar refractivity (Wildman–Crippen MR) is 86.3 cm³/mol. The molecule has 0 spiro atoms. The minimum absolute atomic E-state index is 0.364. The Balaban J connectivity index is 1.68. The molecule has 2 aromatic carbocycles. The van der Waals surface area contributed by atoms with Gasteiger partial charge in [-0.15, -0.1) is 5.10 Å². The fourth-order valence-corrected chi connectivity index (χ4v) is 2.13. The number of benzene rings is 2. The van der Waals surface area contributed by atoms with Crippen LogP contribution in [0.5, 0.6) is 11.5 Å². The van der Waals surface area contributed by atoms with Crippen molar-refractivity contribution >= 4 is 17.6 Å². The summed E-state index contributed by atoms with van der Waals surface area (Å²) in [6, 6.07) is 13.8. The molecule has 0 saturated carbocycles. The Bertz CT molecular complexity index is 839. The third-order valence-electron chi connectivity index (χ3n) is 3.12. The highest BCUT2D eigenvalue weighted by molar-refractivity contribution is 6.32. The molecular formula is C16H13ClN4O3. The first-order valence-electron chi connectivity index (χ1n) is 7.10. The molecule has 7 nitrogen and oxygen atoms in total. The van der Waals surface area contributed by atoms with Crippen LogP contribution < -0.4 is 9.47 Å². The van der Waals surface area contributed by atoms with Crippen molar-refractivity contribution < 1.29 is 14.3 Å². The van der Waals surface area contributed by atoms with E-state index in [2.05, 4.69) is 15.5 Å². The number of esters is 1. The summed E-state index contributed by atoms with van der Waals surface area (Å²) in [4.78, 5) is 12.2. The molecule has 1 atom stereocenters. The number of halogens is 1. The zero-order valence-corrected chi connectivity index (χ0v) is 13.4. The van der Waals surface area contributed by atoms with Gasteiger partial charge in [-0.1, -0.05) is 29.8 Å². The number of aromatic nitrogens is 4. The molecule has 0 aliphatic heterocycles. The van der Waals surface area contributed by atoms with Gasteiger partial charge < -0.3 is 9.47 Å². The van der Waals surface area contributed by atoms with Gasteiger partial charge in [0.1, 0.15) is 17.8 Å². The fraction of sp³-hybridized carbons (Fsp3) is 0.125. The lowest BCUT2D eigenvalue weighted by Gasteiger charge is -2.15. The summed E-state index contributed by atoms with van der Waals surface area (Å²) in [6.07, 6.45) is 0.631. The highest BCUT2D eigenvalue weighted by Gasteiger charge is 2.18. The molecule has 0 aliphatic rings. The maximum atomic E-state index is 12.2. The number of ether oxygens (including phenoxy) is 2. The first-order valence-corrected chi connectivity index (χ1v) is 7.47. The molecule has 0 saturated heterocycles. The average molecular weight is 345 g/mol. The zero-order valence-electron chi connectivity index (χ0n) is 12.7. The molecule has 1 aromatic heterocycles. The number of nitrogens with zero attached hydrogens (tertiary/aromatic N) is 4. The zero-order chi connectivity index (χ0) is 16.9. The molecule has 0 N–H and O–H groups in total. The molecule has 0 amide bonds. The van der Waals surface area contributed by atoms with Crippen LogP contribution in [0.4, 0.5) is 0 Å². The minimum atomic E-state index is -0.818. The lowest BCUT2D eigenvalue weighted by Crippen LogP contribution is -2.28. The van der Waals surface area contributed by atoms with Crippen LogP contribution in [0, 0.1) is 0 Å². The van der Waals surface area contributed by atoms with Crippen LogP contribution in [0.15, 0.2) is 54.9 Å². The quantitative estimate of drug-likeness (QED) is 0.523. The van der Waals surface area contributed by atoms with Crippen LogP contribution in [0.25, 0.3) is 5.69 Å². The van der Waals surface area contributed by atoms with E-state index in [1.807, 2.05) is 0 Å². The number of hydrogen-bond acceptors (Lipinski definition) is 6. The van der Waals surface area contributed by atoms with Crippen molar-refractivity contribution in [2.45, 2.75) is 13.0 Å². The summed E-state index contributed by atoms with van der Waals surface area (Å²) in [5.41, 5.74) is 0.671. The highest BCUT2D eigenvalue weighted by atomic mass is 35.5. The van der Waals surface area contributed by atoms with Gasteiger partial charge in [0.25, 0.3) is 0 Å². The summed E-state index contributed by atoms with van der Waals surface area (Å²) in [6.45, 7) is 1.59. The Morgan fingerprint density at radius 3 is 2.79 bits per heavy atom. The number of carbonyl (C=O) groups excluding carboxylic acids is 1. The molecule has 8 heteroatoms. The van der Waals surface area contributed by atoms with E-state index in [1.165, 1.54) is 11.0 Å². The molecule has 3 rings (SSSR count). The van der Waals surface area contributed by atoms with Crippen molar-refractivity contribution in [2.75, 3.05) is 0 Å². The summed E-state index contributed by atoms with van der Waals surface area (Å²) >= 11 is 6.01. The van der Waals surface area contributed by atoms with E-state index >= 15 is 0 Å². The van der Waals surface area contributed by atoms with Gasteiger partial charge in [-0.25, -0.2) is 9.48 Å². The fourth-order valence-electron chi connectivity index (χ4n) is 1.95. The van der Waals surface area contributed by atoms with Crippen LogP contribution in [-0.2, 0) is 4.79 Å². The molecule has 0 unspecified atom stereocenters. The van der Waals surface area contributed by atoms with Gasteiger partial charge in [-0.05, 0) is 41.6 Å². The predicted octanol–water partition coefficient (Wildman–Crippen LogP) is 2.69. The Hall–Kier alpha value is -2.93. The number of para-hydroxylation sites is 1. The monoisotopic (exact) mass is 344 g/mol. The van der Waals surface area contributed by atoms with Crippen molar-refractivity contribution in [1.29, 1.82) is 0 Å². The maximum Gasteiger partial charge on any atom is 0.352 e. The summed E-state index contributed by atoms with van der Waals surface area (Å²) in [5.74, 6) is 0.248. The summed E-state index contributed by atoms with van der Waals surface area (Å²) in [5, 5.41) is 11.3. The second-order valence-corrected chi connectivity index (χ2v) is 5.27. The maximum absolute atomic E-state index is 12.2.